The molecular weight excluding hydrogens is 782 g/mol. The fourth-order valence-electron chi connectivity index (χ4n) is 11.4. The molecule has 4 heteroatoms. The molecule has 0 unspecified atom stereocenters. The molecule has 0 saturated heterocycles. The number of rotatable bonds is 4. The maximum absolute atomic E-state index is 15.4. The summed E-state index contributed by atoms with van der Waals surface area (Å²) in [5.41, 5.74) is 18.3. The van der Waals surface area contributed by atoms with Crippen molar-refractivity contribution in [3.05, 3.63) is 246 Å². The van der Waals surface area contributed by atoms with Gasteiger partial charge < -0.3 is 4.57 Å². The third-order valence-electron chi connectivity index (χ3n) is 14.0. The largest absolute Gasteiger partial charge is 0.309 e. The molecule has 0 fully saturated rings. The van der Waals surface area contributed by atoms with Crippen molar-refractivity contribution in [2.45, 2.75) is 5.41 Å². The van der Waals surface area contributed by atoms with Gasteiger partial charge in [0, 0.05) is 32.8 Å². The van der Waals surface area contributed by atoms with E-state index < -0.39 is 5.41 Å². The molecule has 0 bridgehead atoms. The number of pyridine rings is 1. The topological polar surface area (TPSA) is 22.8 Å². The van der Waals surface area contributed by atoms with E-state index in [2.05, 4.69) is 209 Å². The molecule has 3 aromatic heterocycles. The first-order valence-electron chi connectivity index (χ1n) is 21.9. The molecule has 9 aromatic carbocycles. The first-order chi connectivity index (χ1) is 31.6. The van der Waals surface area contributed by atoms with E-state index in [4.69, 9.17) is 4.98 Å². The van der Waals surface area contributed by atoms with Gasteiger partial charge in [-0.3, -0.25) is 4.57 Å². The van der Waals surface area contributed by atoms with Gasteiger partial charge in [-0.1, -0.05) is 146 Å². The summed E-state index contributed by atoms with van der Waals surface area (Å²) < 4.78 is 20.1. The highest BCUT2D eigenvalue weighted by Crippen LogP contribution is 2.63. The van der Waals surface area contributed by atoms with Crippen LogP contribution in [0.1, 0.15) is 22.3 Å². The SMILES string of the molecule is Fc1ccc2c(c1)C1(c3ccccc3-c3ccccc31)c1cc(-c3cccc(-n4c5ccccc5c5ccc(-c6ccc7c(c6)c6ccccc6n7-c6ccccc6)cc54)n3)ccc1-2. The van der Waals surface area contributed by atoms with Crippen molar-refractivity contribution >= 4 is 43.6 Å². The number of hydrogen-bond donors (Lipinski definition) is 0. The normalized spacial score (nSPS) is 13.2. The predicted molar refractivity (Wildman–Crippen MR) is 260 cm³/mol. The third kappa shape index (κ3) is 4.71. The molecule has 0 N–H and O–H groups in total. The zero-order chi connectivity index (χ0) is 42.1. The van der Waals surface area contributed by atoms with Crippen molar-refractivity contribution in [1.29, 1.82) is 0 Å². The molecule has 2 aliphatic carbocycles. The van der Waals surface area contributed by atoms with Crippen LogP contribution in [0.5, 0.6) is 0 Å². The minimum Gasteiger partial charge on any atom is -0.309 e. The lowest BCUT2D eigenvalue weighted by Gasteiger charge is -2.30. The number of hydrogen-bond acceptors (Lipinski definition) is 1. The van der Waals surface area contributed by atoms with Gasteiger partial charge in [0.1, 0.15) is 11.6 Å². The maximum Gasteiger partial charge on any atom is 0.138 e. The summed E-state index contributed by atoms with van der Waals surface area (Å²) in [7, 11) is 0. The van der Waals surface area contributed by atoms with Crippen LogP contribution in [-0.4, -0.2) is 14.1 Å². The van der Waals surface area contributed by atoms with Crippen molar-refractivity contribution in [2.24, 2.45) is 0 Å². The maximum atomic E-state index is 15.4. The van der Waals surface area contributed by atoms with E-state index in [1.165, 1.54) is 54.8 Å². The first kappa shape index (κ1) is 35.3. The molecule has 64 heavy (non-hydrogen) atoms. The van der Waals surface area contributed by atoms with Crippen LogP contribution in [0, 0.1) is 5.82 Å². The summed E-state index contributed by atoms with van der Waals surface area (Å²) in [6.07, 6.45) is 0. The standard InChI is InChI=1S/C60H36FN3/c61-40-28-31-45-44-29-26-39(34-52(44)60(53(45)36-40)50-19-8-4-15-42(50)43-16-5-9-20-51(43)60)54-21-12-24-59(62-54)64-56-23-11-6-17-46(56)48-30-25-38(35-58(48)64)37-27-32-57-49(33-37)47-18-7-10-22-55(47)63(57)41-13-2-1-3-14-41/h1-36H. The molecule has 0 aliphatic heterocycles. The second-order valence-corrected chi connectivity index (χ2v) is 17.2. The zero-order valence-electron chi connectivity index (χ0n) is 34.5. The first-order valence-corrected chi connectivity index (χ1v) is 21.9. The second kappa shape index (κ2) is 13.1. The van der Waals surface area contributed by atoms with E-state index in [0.29, 0.717) is 0 Å². The Kier molecular flexibility index (Phi) is 7.21. The lowest BCUT2D eigenvalue weighted by molar-refractivity contribution is 0.622. The average molecular weight is 818 g/mol. The lowest BCUT2D eigenvalue weighted by atomic mass is 9.70. The van der Waals surface area contributed by atoms with E-state index in [1.807, 2.05) is 6.07 Å². The van der Waals surface area contributed by atoms with Gasteiger partial charge in [0.15, 0.2) is 0 Å². The smallest absolute Gasteiger partial charge is 0.138 e. The summed E-state index contributed by atoms with van der Waals surface area (Å²) in [6, 6.07) is 77.3. The van der Waals surface area contributed by atoms with E-state index in [0.717, 1.165) is 67.2 Å². The van der Waals surface area contributed by atoms with E-state index in [9.17, 15) is 0 Å². The van der Waals surface area contributed by atoms with Crippen molar-refractivity contribution < 1.29 is 4.39 Å². The molecule has 0 atom stereocenters. The second-order valence-electron chi connectivity index (χ2n) is 17.2. The molecule has 1 spiro atoms. The summed E-state index contributed by atoms with van der Waals surface area (Å²) in [5, 5.41) is 4.81. The molecule has 14 rings (SSSR count). The van der Waals surface area contributed by atoms with Crippen LogP contribution in [0.4, 0.5) is 4.39 Å². The van der Waals surface area contributed by atoms with Gasteiger partial charge in [0.2, 0.25) is 0 Å². The molecule has 0 saturated carbocycles. The van der Waals surface area contributed by atoms with Crippen LogP contribution in [0.3, 0.4) is 0 Å². The van der Waals surface area contributed by atoms with E-state index in [1.54, 1.807) is 12.1 Å². The molecule has 0 amide bonds. The van der Waals surface area contributed by atoms with Gasteiger partial charge in [0.05, 0.1) is 33.2 Å². The average Bonchev–Trinajstić information content (AvgIpc) is 4.05. The Labute approximate surface area is 368 Å². The molecule has 12 aromatic rings. The minimum absolute atomic E-state index is 0.229. The third-order valence-corrected chi connectivity index (χ3v) is 14.0. The Hall–Kier alpha value is -8.34. The fourth-order valence-corrected chi connectivity index (χ4v) is 11.4. The van der Waals surface area contributed by atoms with Gasteiger partial charge >= 0.3 is 0 Å². The number of aromatic nitrogens is 3. The van der Waals surface area contributed by atoms with Gasteiger partial charge in [-0.2, -0.15) is 0 Å². The van der Waals surface area contributed by atoms with Gasteiger partial charge in [-0.25, -0.2) is 9.37 Å². The number of para-hydroxylation sites is 3. The lowest BCUT2D eigenvalue weighted by Crippen LogP contribution is -2.26. The Morgan fingerprint density at radius 1 is 0.344 bits per heavy atom. The molecular formula is C60H36FN3. The molecule has 0 radical (unpaired) electrons. The number of fused-ring (bicyclic) bond motifs is 16. The molecule has 298 valence electrons. The molecule has 3 heterocycles. The molecule has 2 aliphatic rings. The van der Waals surface area contributed by atoms with Gasteiger partial charge in [-0.15, -0.1) is 0 Å². The Bertz CT molecular complexity index is 3880. The van der Waals surface area contributed by atoms with Crippen LogP contribution in [0.15, 0.2) is 218 Å². The Morgan fingerprint density at radius 2 is 0.906 bits per heavy atom. The highest BCUT2D eigenvalue weighted by atomic mass is 19.1. The summed E-state index contributed by atoms with van der Waals surface area (Å²) in [5.74, 6) is 0.618. The van der Waals surface area contributed by atoms with Gasteiger partial charge in [-0.05, 0) is 128 Å². The van der Waals surface area contributed by atoms with Gasteiger partial charge in [0.25, 0.3) is 0 Å². The van der Waals surface area contributed by atoms with Crippen molar-refractivity contribution in [2.75, 3.05) is 0 Å². The summed E-state index contributed by atoms with van der Waals surface area (Å²) in [4.78, 5) is 5.49. The predicted octanol–water partition coefficient (Wildman–Crippen LogP) is 15.1. The zero-order valence-corrected chi connectivity index (χ0v) is 34.5. The van der Waals surface area contributed by atoms with Crippen molar-refractivity contribution in [1.82, 2.24) is 14.1 Å². The summed E-state index contributed by atoms with van der Waals surface area (Å²) >= 11 is 0. The fraction of sp³-hybridized carbons (Fsp3) is 0.0167. The van der Waals surface area contributed by atoms with Crippen LogP contribution in [0.2, 0.25) is 0 Å². The Balaban J connectivity index is 0.936. The van der Waals surface area contributed by atoms with Crippen LogP contribution < -0.4 is 0 Å². The Morgan fingerprint density at radius 3 is 1.69 bits per heavy atom. The van der Waals surface area contributed by atoms with E-state index in [-0.39, 0.29) is 5.82 Å². The van der Waals surface area contributed by atoms with Crippen LogP contribution >= 0.6 is 0 Å². The van der Waals surface area contributed by atoms with Crippen LogP contribution in [-0.2, 0) is 5.41 Å². The van der Waals surface area contributed by atoms with Crippen LogP contribution in [0.25, 0.3) is 99.8 Å². The number of benzene rings is 9. The number of halogens is 1. The van der Waals surface area contributed by atoms with Crippen molar-refractivity contribution in [3.63, 3.8) is 0 Å². The summed E-state index contributed by atoms with van der Waals surface area (Å²) in [6.45, 7) is 0. The monoisotopic (exact) mass is 817 g/mol. The highest BCUT2D eigenvalue weighted by Gasteiger charge is 2.51. The highest BCUT2D eigenvalue weighted by molar-refractivity contribution is 6.12. The quantitative estimate of drug-likeness (QED) is 0.173. The van der Waals surface area contributed by atoms with Crippen molar-refractivity contribution in [3.8, 4) is 56.1 Å². The number of nitrogens with zero attached hydrogens (tertiary/aromatic N) is 3. The molecule has 3 nitrogen and oxygen atoms in total. The minimum atomic E-state index is -0.656. The van der Waals surface area contributed by atoms with E-state index >= 15 is 4.39 Å².